The van der Waals surface area contributed by atoms with Crippen LogP contribution < -0.4 is 10.6 Å². The molecule has 0 saturated carbocycles. The molecule has 0 radical (unpaired) electrons. The number of carbonyl (C=O) groups is 2. The van der Waals surface area contributed by atoms with Crippen molar-refractivity contribution in [1.82, 2.24) is 10.6 Å². The number of aromatic hydroxyl groups is 6. The SMILES string of the molecule is N#C/C(=C\c1cc(O)c(O)c(O)c1)C(=O)NCCNC(=O)/C(C#N)=C/c1cc(O)c(O)c(O)c1. The van der Waals surface area contributed by atoms with Crippen LogP contribution in [0.1, 0.15) is 11.1 Å². The van der Waals surface area contributed by atoms with Crippen LogP contribution in [0.4, 0.5) is 0 Å². The van der Waals surface area contributed by atoms with Gasteiger partial charge in [-0.2, -0.15) is 10.5 Å². The van der Waals surface area contributed by atoms with Crippen LogP contribution in [0.2, 0.25) is 0 Å². The summed E-state index contributed by atoms with van der Waals surface area (Å²) >= 11 is 0. The van der Waals surface area contributed by atoms with Gasteiger partial charge < -0.3 is 41.3 Å². The molecule has 174 valence electrons. The predicted octanol–water partition coefficient (Wildman–Crippen LogP) is 0.667. The zero-order valence-electron chi connectivity index (χ0n) is 17.3. The summed E-state index contributed by atoms with van der Waals surface area (Å²) in [5.74, 6) is -5.74. The molecule has 0 aliphatic heterocycles. The summed E-state index contributed by atoms with van der Waals surface area (Å²) in [5.41, 5.74) is -0.633. The monoisotopic (exact) mass is 466 g/mol. The van der Waals surface area contributed by atoms with Gasteiger partial charge in [0.2, 0.25) is 0 Å². The Balaban J connectivity index is 1.98. The molecule has 0 atom stereocenters. The van der Waals surface area contributed by atoms with Crippen molar-refractivity contribution in [2.24, 2.45) is 0 Å². The first-order valence-corrected chi connectivity index (χ1v) is 9.37. The Labute approximate surface area is 192 Å². The zero-order chi connectivity index (χ0) is 25.4. The minimum absolute atomic E-state index is 0.0721. The highest BCUT2D eigenvalue weighted by Gasteiger charge is 2.14. The summed E-state index contributed by atoms with van der Waals surface area (Å²) in [6.07, 6.45) is 2.12. The number of amides is 2. The van der Waals surface area contributed by atoms with E-state index in [-0.39, 0.29) is 35.4 Å². The van der Waals surface area contributed by atoms with E-state index in [1.807, 2.05) is 0 Å². The van der Waals surface area contributed by atoms with E-state index in [0.29, 0.717) is 0 Å². The van der Waals surface area contributed by atoms with Crippen molar-refractivity contribution in [3.8, 4) is 46.6 Å². The molecule has 2 amide bonds. The summed E-state index contributed by atoms with van der Waals surface area (Å²) < 4.78 is 0. The molecule has 0 saturated heterocycles. The van der Waals surface area contributed by atoms with Gasteiger partial charge in [-0.05, 0) is 47.5 Å². The van der Waals surface area contributed by atoms with Gasteiger partial charge in [-0.15, -0.1) is 0 Å². The third-order valence-electron chi connectivity index (χ3n) is 4.23. The minimum Gasteiger partial charge on any atom is -0.504 e. The molecule has 34 heavy (non-hydrogen) atoms. The van der Waals surface area contributed by atoms with Crippen LogP contribution in [0.3, 0.4) is 0 Å². The molecule has 0 fully saturated rings. The zero-order valence-corrected chi connectivity index (χ0v) is 17.3. The van der Waals surface area contributed by atoms with Gasteiger partial charge in [0, 0.05) is 13.1 Å². The van der Waals surface area contributed by atoms with Crippen LogP contribution in [0, 0.1) is 22.7 Å². The van der Waals surface area contributed by atoms with Gasteiger partial charge in [0.15, 0.2) is 34.5 Å². The standard InChI is InChI=1S/C22H18N4O8/c23-9-13(3-11-5-15(27)19(31)16(28)6-11)21(33)25-1-2-26-22(34)14(10-24)4-12-7-17(29)20(32)18(30)8-12/h3-8,27-32H,1-2H2,(H,25,33)(H,26,34)/b13-3+,14-4+. The quantitative estimate of drug-likeness (QED) is 0.123. The molecule has 0 heterocycles. The number of rotatable bonds is 7. The van der Waals surface area contributed by atoms with Crippen molar-refractivity contribution in [2.45, 2.75) is 0 Å². The highest BCUT2D eigenvalue weighted by Crippen LogP contribution is 2.36. The van der Waals surface area contributed by atoms with Gasteiger partial charge in [0.05, 0.1) is 0 Å². The van der Waals surface area contributed by atoms with E-state index >= 15 is 0 Å². The van der Waals surface area contributed by atoms with Crippen molar-refractivity contribution < 1.29 is 40.2 Å². The minimum atomic E-state index is -0.824. The summed E-state index contributed by atoms with van der Waals surface area (Å²) in [7, 11) is 0. The maximum atomic E-state index is 12.2. The van der Waals surface area contributed by atoms with E-state index in [2.05, 4.69) is 10.6 Å². The first kappa shape index (κ1) is 24.9. The highest BCUT2D eigenvalue weighted by atomic mass is 16.3. The van der Waals surface area contributed by atoms with Crippen molar-refractivity contribution >= 4 is 24.0 Å². The first-order chi connectivity index (χ1) is 16.1. The Morgan fingerprint density at radius 1 is 0.676 bits per heavy atom. The molecule has 2 aromatic carbocycles. The fraction of sp³-hybridized carbons (Fsp3) is 0.0909. The number of phenolic OH excluding ortho intramolecular Hbond substituents is 6. The lowest BCUT2D eigenvalue weighted by atomic mass is 10.1. The predicted molar refractivity (Wildman–Crippen MR) is 116 cm³/mol. The Morgan fingerprint density at radius 2 is 0.971 bits per heavy atom. The van der Waals surface area contributed by atoms with Gasteiger partial charge in [-0.25, -0.2) is 0 Å². The maximum Gasteiger partial charge on any atom is 0.262 e. The molecule has 12 heteroatoms. The van der Waals surface area contributed by atoms with E-state index in [1.165, 1.54) is 0 Å². The lowest BCUT2D eigenvalue weighted by Gasteiger charge is -2.07. The molecule has 8 N–H and O–H groups in total. The van der Waals surface area contributed by atoms with Gasteiger partial charge >= 0.3 is 0 Å². The van der Waals surface area contributed by atoms with Gasteiger partial charge in [0.25, 0.3) is 11.8 Å². The molecule has 2 aromatic rings. The first-order valence-electron chi connectivity index (χ1n) is 9.37. The molecule has 0 aliphatic rings. The van der Waals surface area contributed by atoms with E-state index < -0.39 is 46.3 Å². The van der Waals surface area contributed by atoms with Crippen molar-refractivity contribution in [3.63, 3.8) is 0 Å². The second-order valence-corrected chi connectivity index (χ2v) is 6.67. The second kappa shape index (κ2) is 10.8. The maximum absolute atomic E-state index is 12.2. The van der Waals surface area contributed by atoms with E-state index in [9.17, 15) is 50.8 Å². The summed E-state index contributed by atoms with van der Waals surface area (Å²) in [6.45, 7) is -0.260. The Bertz CT molecular complexity index is 1140. The fourth-order valence-corrected chi connectivity index (χ4v) is 2.59. The average molecular weight is 466 g/mol. The summed E-state index contributed by atoms with van der Waals surface area (Å²) in [5, 5.41) is 79.8. The number of phenols is 6. The van der Waals surface area contributed by atoms with Crippen LogP contribution in [-0.4, -0.2) is 55.5 Å². The number of nitriles is 2. The van der Waals surface area contributed by atoms with Gasteiger partial charge in [-0.1, -0.05) is 0 Å². The van der Waals surface area contributed by atoms with E-state index in [0.717, 1.165) is 36.4 Å². The highest BCUT2D eigenvalue weighted by molar-refractivity contribution is 6.02. The van der Waals surface area contributed by atoms with E-state index in [4.69, 9.17) is 0 Å². The molecule has 0 aromatic heterocycles. The molecule has 2 rings (SSSR count). The number of hydrogen-bond donors (Lipinski definition) is 8. The Hall–Kier alpha value is -5.36. The lowest BCUT2D eigenvalue weighted by Crippen LogP contribution is -2.35. The number of nitrogens with one attached hydrogen (secondary N) is 2. The topological polar surface area (TPSA) is 227 Å². The Kier molecular flexibility index (Phi) is 7.90. The fourth-order valence-electron chi connectivity index (χ4n) is 2.59. The van der Waals surface area contributed by atoms with Crippen molar-refractivity contribution in [1.29, 1.82) is 10.5 Å². The molecule has 0 unspecified atom stereocenters. The molecular weight excluding hydrogens is 448 g/mol. The normalized spacial score (nSPS) is 11.2. The molecule has 0 spiro atoms. The average Bonchev–Trinajstić information content (AvgIpc) is 2.79. The molecule has 0 bridgehead atoms. The second-order valence-electron chi connectivity index (χ2n) is 6.67. The number of hydrogen-bond acceptors (Lipinski definition) is 10. The summed E-state index contributed by atoms with van der Waals surface area (Å²) in [6, 6.07) is 7.42. The Morgan fingerprint density at radius 3 is 1.24 bits per heavy atom. The van der Waals surface area contributed by atoms with Gasteiger partial charge in [0.1, 0.15) is 23.3 Å². The van der Waals surface area contributed by atoms with Crippen LogP contribution in [0.25, 0.3) is 12.2 Å². The van der Waals surface area contributed by atoms with Crippen LogP contribution in [0.15, 0.2) is 35.4 Å². The smallest absolute Gasteiger partial charge is 0.262 e. The van der Waals surface area contributed by atoms with Crippen LogP contribution >= 0.6 is 0 Å². The van der Waals surface area contributed by atoms with E-state index in [1.54, 1.807) is 12.1 Å². The largest absolute Gasteiger partial charge is 0.504 e. The third-order valence-corrected chi connectivity index (χ3v) is 4.23. The molecule has 12 nitrogen and oxygen atoms in total. The van der Waals surface area contributed by atoms with Crippen molar-refractivity contribution in [2.75, 3.05) is 13.1 Å². The number of nitrogens with zero attached hydrogens (tertiary/aromatic N) is 2. The third kappa shape index (κ3) is 6.09. The lowest BCUT2D eigenvalue weighted by molar-refractivity contribution is -0.118. The molecule has 0 aliphatic carbocycles. The van der Waals surface area contributed by atoms with Gasteiger partial charge in [-0.3, -0.25) is 9.59 Å². The summed E-state index contributed by atoms with van der Waals surface area (Å²) in [4.78, 5) is 24.3. The molecular formula is C22H18N4O8. The number of carbonyl (C=O) groups excluding carboxylic acids is 2. The van der Waals surface area contributed by atoms with Crippen molar-refractivity contribution in [3.05, 3.63) is 46.5 Å². The van der Waals surface area contributed by atoms with Crippen LogP contribution in [0.5, 0.6) is 34.5 Å². The number of benzene rings is 2. The van der Waals surface area contributed by atoms with Crippen LogP contribution in [-0.2, 0) is 9.59 Å².